The van der Waals surface area contributed by atoms with Crippen molar-refractivity contribution in [3.63, 3.8) is 0 Å². The Labute approximate surface area is 171 Å². The van der Waals surface area contributed by atoms with Crippen LogP contribution in [-0.4, -0.2) is 31.1 Å². The largest absolute Gasteiger partial charge is 0.496 e. The molecule has 0 fully saturated rings. The molecule has 2 aromatic carbocycles. The lowest BCUT2D eigenvalue weighted by molar-refractivity contribution is 0.195. The molecule has 0 aliphatic heterocycles. The Balaban J connectivity index is 2.12. The summed E-state index contributed by atoms with van der Waals surface area (Å²) in [5, 5.41) is 4.21. The van der Waals surface area contributed by atoms with Gasteiger partial charge in [0.25, 0.3) is 0 Å². The second kappa shape index (κ2) is 11.1. The lowest BCUT2D eigenvalue weighted by Gasteiger charge is -2.24. The van der Waals surface area contributed by atoms with Gasteiger partial charge in [0, 0.05) is 28.7 Å². The third-order valence-corrected chi connectivity index (χ3v) is 4.90. The smallest absolute Gasteiger partial charge is 0.317 e. The van der Waals surface area contributed by atoms with Gasteiger partial charge in [-0.3, -0.25) is 0 Å². The summed E-state index contributed by atoms with van der Waals surface area (Å²) in [6.45, 7) is 3.77. The molecule has 2 amide bonds. The number of amides is 2. The standard InChI is InChI=1S/C21H26Cl2N2O2/c1-3-4-12-24-21(26)25(15-17-7-5-6-8-20(17)27-2)13-11-16-9-10-18(22)14-19(16)23/h5-10,14H,3-4,11-13,15H2,1-2H3,(H,24,26). The second-order valence-electron chi connectivity index (χ2n) is 6.30. The number of urea groups is 1. The Morgan fingerprint density at radius 1 is 1.15 bits per heavy atom. The van der Waals surface area contributed by atoms with Gasteiger partial charge in [0.15, 0.2) is 0 Å². The summed E-state index contributed by atoms with van der Waals surface area (Å²) in [7, 11) is 1.64. The molecule has 2 rings (SSSR count). The summed E-state index contributed by atoms with van der Waals surface area (Å²) in [6.07, 6.45) is 2.64. The maximum atomic E-state index is 12.7. The number of hydrogen-bond donors (Lipinski definition) is 1. The van der Waals surface area contributed by atoms with Gasteiger partial charge in [-0.05, 0) is 36.6 Å². The highest BCUT2D eigenvalue weighted by Gasteiger charge is 2.16. The number of para-hydroxylation sites is 1. The van der Waals surface area contributed by atoms with E-state index in [9.17, 15) is 4.79 Å². The molecule has 0 spiro atoms. The number of hydrogen-bond acceptors (Lipinski definition) is 2. The number of methoxy groups -OCH3 is 1. The fourth-order valence-electron chi connectivity index (χ4n) is 2.76. The molecule has 0 aliphatic rings. The fraction of sp³-hybridized carbons (Fsp3) is 0.381. The van der Waals surface area contributed by atoms with Crippen LogP contribution in [0.4, 0.5) is 4.79 Å². The number of ether oxygens (including phenoxy) is 1. The quantitative estimate of drug-likeness (QED) is 0.551. The van der Waals surface area contributed by atoms with Gasteiger partial charge in [-0.15, -0.1) is 0 Å². The molecule has 0 unspecified atom stereocenters. The van der Waals surface area contributed by atoms with Crippen LogP contribution in [0.15, 0.2) is 42.5 Å². The van der Waals surface area contributed by atoms with Crippen molar-refractivity contribution in [1.29, 1.82) is 0 Å². The Morgan fingerprint density at radius 3 is 2.63 bits per heavy atom. The van der Waals surface area contributed by atoms with Crippen molar-refractivity contribution in [2.45, 2.75) is 32.7 Å². The van der Waals surface area contributed by atoms with Crippen LogP contribution in [0.1, 0.15) is 30.9 Å². The van der Waals surface area contributed by atoms with Crippen LogP contribution in [0.2, 0.25) is 10.0 Å². The number of halogens is 2. The summed E-state index contributed by atoms with van der Waals surface area (Å²) < 4.78 is 5.43. The van der Waals surface area contributed by atoms with E-state index in [0.717, 1.165) is 29.7 Å². The predicted molar refractivity (Wildman–Crippen MR) is 112 cm³/mol. The third kappa shape index (κ3) is 6.64. The minimum absolute atomic E-state index is 0.0838. The Bertz CT molecular complexity index is 753. The molecule has 1 N–H and O–H groups in total. The monoisotopic (exact) mass is 408 g/mol. The highest BCUT2D eigenvalue weighted by Crippen LogP contribution is 2.23. The van der Waals surface area contributed by atoms with Crippen molar-refractivity contribution in [1.82, 2.24) is 10.2 Å². The van der Waals surface area contributed by atoms with Crippen LogP contribution in [0, 0.1) is 0 Å². The van der Waals surface area contributed by atoms with Gasteiger partial charge in [0.05, 0.1) is 13.7 Å². The summed E-state index contributed by atoms with van der Waals surface area (Å²) in [6, 6.07) is 13.1. The molecule has 2 aromatic rings. The third-order valence-electron chi connectivity index (χ3n) is 4.31. The second-order valence-corrected chi connectivity index (χ2v) is 7.15. The van der Waals surface area contributed by atoms with Gasteiger partial charge in [-0.1, -0.05) is 60.8 Å². The molecule has 6 heteroatoms. The number of nitrogens with zero attached hydrogens (tertiary/aromatic N) is 1. The maximum Gasteiger partial charge on any atom is 0.317 e. The molecular weight excluding hydrogens is 383 g/mol. The molecule has 4 nitrogen and oxygen atoms in total. The normalized spacial score (nSPS) is 10.5. The number of benzene rings is 2. The Morgan fingerprint density at radius 2 is 1.93 bits per heavy atom. The van der Waals surface area contributed by atoms with Gasteiger partial charge < -0.3 is 15.0 Å². The number of rotatable bonds is 9. The molecule has 0 heterocycles. The van der Waals surface area contributed by atoms with E-state index in [-0.39, 0.29) is 6.03 Å². The first-order valence-corrected chi connectivity index (χ1v) is 9.89. The summed E-state index contributed by atoms with van der Waals surface area (Å²) >= 11 is 12.2. The van der Waals surface area contributed by atoms with E-state index in [0.29, 0.717) is 36.1 Å². The molecule has 0 radical (unpaired) electrons. The first-order chi connectivity index (χ1) is 13.0. The van der Waals surface area contributed by atoms with Crippen molar-refractivity contribution in [3.8, 4) is 5.75 Å². The van der Waals surface area contributed by atoms with Crippen molar-refractivity contribution < 1.29 is 9.53 Å². The van der Waals surface area contributed by atoms with Crippen molar-refractivity contribution in [3.05, 3.63) is 63.6 Å². The Kier molecular flexibility index (Phi) is 8.76. The van der Waals surface area contributed by atoms with Gasteiger partial charge in [-0.2, -0.15) is 0 Å². The number of carbonyl (C=O) groups excluding carboxylic acids is 1. The summed E-state index contributed by atoms with van der Waals surface area (Å²) in [5.41, 5.74) is 1.93. The van der Waals surface area contributed by atoms with Crippen LogP contribution in [-0.2, 0) is 13.0 Å². The molecular formula is C21H26Cl2N2O2. The Hall–Kier alpha value is -1.91. The van der Waals surface area contributed by atoms with Crippen molar-refractivity contribution in [2.24, 2.45) is 0 Å². The van der Waals surface area contributed by atoms with Gasteiger partial charge >= 0.3 is 6.03 Å². The summed E-state index contributed by atoms with van der Waals surface area (Å²) in [4.78, 5) is 14.5. The van der Waals surface area contributed by atoms with Crippen molar-refractivity contribution in [2.75, 3.05) is 20.2 Å². The van der Waals surface area contributed by atoms with Crippen molar-refractivity contribution >= 4 is 29.2 Å². The lowest BCUT2D eigenvalue weighted by atomic mass is 10.1. The summed E-state index contributed by atoms with van der Waals surface area (Å²) in [5.74, 6) is 0.772. The SMILES string of the molecule is CCCCNC(=O)N(CCc1ccc(Cl)cc1Cl)Cc1ccccc1OC. The van der Waals surface area contributed by atoms with E-state index >= 15 is 0 Å². The molecule has 0 saturated heterocycles. The highest BCUT2D eigenvalue weighted by molar-refractivity contribution is 6.35. The van der Waals surface area contributed by atoms with Crippen LogP contribution >= 0.6 is 23.2 Å². The first kappa shape index (κ1) is 21.4. The maximum absolute atomic E-state index is 12.7. The highest BCUT2D eigenvalue weighted by atomic mass is 35.5. The van der Waals surface area contributed by atoms with Crippen LogP contribution in [0.5, 0.6) is 5.75 Å². The van der Waals surface area contributed by atoms with Gasteiger partial charge in [0.2, 0.25) is 0 Å². The van der Waals surface area contributed by atoms with E-state index in [2.05, 4.69) is 12.2 Å². The lowest BCUT2D eigenvalue weighted by Crippen LogP contribution is -2.41. The minimum atomic E-state index is -0.0838. The van der Waals surface area contributed by atoms with Crippen LogP contribution in [0.25, 0.3) is 0 Å². The first-order valence-electron chi connectivity index (χ1n) is 9.13. The van der Waals surface area contributed by atoms with Gasteiger partial charge in [0.1, 0.15) is 5.75 Å². The van der Waals surface area contributed by atoms with E-state index in [4.69, 9.17) is 27.9 Å². The fourth-order valence-corrected chi connectivity index (χ4v) is 3.26. The number of unbranched alkanes of at least 4 members (excludes halogenated alkanes) is 1. The molecule has 146 valence electrons. The van der Waals surface area contributed by atoms with E-state index in [1.165, 1.54) is 0 Å². The zero-order chi connectivity index (χ0) is 19.6. The zero-order valence-corrected chi connectivity index (χ0v) is 17.3. The van der Waals surface area contributed by atoms with Crippen LogP contribution in [0.3, 0.4) is 0 Å². The molecule has 0 aliphatic carbocycles. The predicted octanol–water partition coefficient (Wildman–Crippen LogP) is 5.56. The van der Waals surface area contributed by atoms with E-state index in [1.54, 1.807) is 18.1 Å². The molecule has 27 heavy (non-hydrogen) atoms. The zero-order valence-electron chi connectivity index (χ0n) is 15.8. The molecule has 0 bridgehead atoms. The number of carbonyl (C=O) groups is 1. The topological polar surface area (TPSA) is 41.6 Å². The molecule has 0 saturated carbocycles. The minimum Gasteiger partial charge on any atom is -0.496 e. The van der Waals surface area contributed by atoms with E-state index in [1.807, 2.05) is 36.4 Å². The van der Waals surface area contributed by atoms with E-state index < -0.39 is 0 Å². The average Bonchev–Trinajstić information content (AvgIpc) is 2.66. The van der Waals surface area contributed by atoms with Crippen LogP contribution < -0.4 is 10.1 Å². The number of nitrogens with one attached hydrogen (secondary N) is 1. The average molecular weight is 409 g/mol. The molecule has 0 atom stereocenters. The molecule has 0 aromatic heterocycles. The van der Waals surface area contributed by atoms with Gasteiger partial charge in [-0.25, -0.2) is 4.79 Å².